The molecule has 0 spiro atoms. The minimum Gasteiger partial charge on any atom is -0.328 e. The van der Waals surface area contributed by atoms with E-state index in [2.05, 4.69) is 0 Å². The molecule has 2 N–H and O–H groups in total. The van der Waals surface area contributed by atoms with Crippen LogP contribution in [0.25, 0.3) is 0 Å². The molecule has 106 valence electrons. The Morgan fingerprint density at radius 1 is 1.47 bits per heavy atom. The van der Waals surface area contributed by atoms with Gasteiger partial charge in [-0.05, 0) is 43.9 Å². The van der Waals surface area contributed by atoms with Crippen LogP contribution in [-0.2, 0) is 10.0 Å². The van der Waals surface area contributed by atoms with Gasteiger partial charge in [0.1, 0.15) is 5.82 Å². The zero-order valence-electron chi connectivity index (χ0n) is 10.9. The molecule has 0 aliphatic carbocycles. The number of halogens is 1. The highest BCUT2D eigenvalue weighted by atomic mass is 32.2. The lowest BCUT2D eigenvalue weighted by molar-refractivity contribution is 0.243. The van der Waals surface area contributed by atoms with Crippen LogP contribution in [-0.4, -0.2) is 31.9 Å². The van der Waals surface area contributed by atoms with E-state index in [1.54, 1.807) is 0 Å². The van der Waals surface area contributed by atoms with E-state index in [0.29, 0.717) is 13.1 Å². The van der Waals surface area contributed by atoms with Crippen LogP contribution >= 0.6 is 0 Å². The molecule has 6 heteroatoms. The largest absolute Gasteiger partial charge is 0.328 e. The Balaban J connectivity index is 2.24. The van der Waals surface area contributed by atoms with Gasteiger partial charge in [-0.25, -0.2) is 12.8 Å². The summed E-state index contributed by atoms with van der Waals surface area (Å²) < 4.78 is 39.4. The van der Waals surface area contributed by atoms with Crippen LogP contribution in [0.15, 0.2) is 29.2 Å². The Kier molecular flexibility index (Phi) is 4.23. The predicted molar refractivity (Wildman–Crippen MR) is 71.5 cm³/mol. The Hall–Kier alpha value is -0.980. The number of nitrogens with two attached hydrogens (primary N) is 1. The Morgan fingerprint density at radius 2 is 2.21 bits per heavy atom. The molecule has 1 aliphatic rings. The molecule has 4 nitrogen and oxygen atoms in total. The summed E-state index contributed by atoms with van der Waals surface area (Å²) in [6.45, 7) is 2.78. The number of nitrogens with zero attached hydrogens (tertiary/aromatic N) is 1. The van der Waals surface area contributed by atoms with Crippen molar-refractivity contribution in [1.82, 2.24) is 4.31 Å². The van der Waals surface area contributed by atoms with Crippen molar-refractivity contribution in [2.75, 3.05) is 13.1 Å². The Labute approximate surface area is 113 Å². The van der Waals surface area contributed by atoms with Crippen molar-refractivity contribution >= 4 is 10.0 Å². The lowest BCUT2D eigenvalue weighted by Gasteiger charge is -2.33. The van der Waals surface area contributed by atoms with E-state index in [0.717, 1.165) is 18.9 Å². The van der Waals surface area contributed by atoms with Gasteiger partial charge in [-0.15, -0.1) is 0 Å². The molecule has 1 heterocycles. The molecule has 0 bridgehead atoms. The third kappa shape index (κ3) is 3.13. The van der Waals surface area contributed by atoms with Crippen LogP contribution in [0.1, 0.15) is 19.8 Å². The Bertz CT molecular complexity index is 545. The van der Waals surface area contributed by atoms with Gasteiger partial charge >= 0.3 is 0 Å². The van der Waals surface area contributed by atoms with E-state index < -0.39 is 15.8 Å². The second-order valence-corrected chi connectivity index (χ2v) is 7.02. The molecule has 1 fully saturated rings. The zero-order chi connectivity index (χ0) is 14.0. The fourth-order valence-electron chi connectivity index (χ4n) is 2.40. The molecule has 19 heavy (non-hydrogen) atoms. The number of benzene rings is 1. The van der Waals surface area contributed by atoms with E-state index in [1.165, 1.54) is 22.5 Å². The molecule has 0 radical (unpaired) electrons. The molecule has 2 rings (SSSR count). The quantitative estimate of drug-likeness (QED) is 0.917. The molecule has 0 unspecified atom stereocenters. The van der Waals surface area contributed by atoms with Gasteiger partial charge in [0, 0.05) is 19.1 Å². The molecular weight excluding hydrogens is 267 g/mol. The summed E-state index contributed by atoms with van der Waals surface area (Å²) in [5.41, 5.74) is 5.85. The Morgan fingerprint density at radius 3 is 2.84 bits per heavy atom. The van der Waals surface area contributed by atoms with Gasteiger partial charge in [-0.2, -0.15) is 4.31 Å². The number of sulfonamides is 1. The van der Waals surface area contributed by atoms with Crippen molar-refractivity contribution in [2.45, 2.75) is 30.7 Å². The van der Waals surface area contributed by atoms with E-state index in [4.69, 9.17) is 5.73 Å². The summed E-state index contributed by atoms with van der Waals surface area (Å²) in [6.07, 6.45) is 1.73. The van der Waals surface area contributed by atoms with Crippen LogP contribution < -0.4 is 5.73 Å². The van der Waals surface area contributed by atoms with Gasteiger partial charge in [-0.3, -0.25) is 0 Å². The SMILES string of the molecule is C[C@H](N)[C@@H]1CCCN(S(=O)(=O)c2cccc(F)c2)C1. The third-order valence-electron chi connectivity index (χ3n) is 3.60. The summed E-state index contributed by atoms with van der Waals surface area (Å²) in [5, 5.41) is 0. The van der Waals surface area contributed by atoms with Crippen LogP contribution in [0.3, 0.4) is 0 Å². The molecule has 1 aromatic carbocycles. The molecule has 0 amide bonds. The van der Waals surface area contributed by atoms with Crippen LogP contribution in [0.4, 0.5) is 4.39 Å². The van der Waals surface area contributed by atoms with Crippen molar-refractivity contribution in [3.8, 4) is 0 Å². The zero-order valence-corrected chi connectivity index (χ0v) is 11.7. The van der Waals surface area contributed by atoms with E-state index >= 15 is 0 Å². The number of hydrogen-bond acceptors (Lipinski definition) is 3. The monoisotopic (exact) mass is 286 g/mol. The molecule has 0 saturated carbocycles. The van der Waals surface area contributed by atoms with Crippen LogP contribution in [0.2, 0.25) is 0 Å². The first kappa shape index (κ1) is 14.4. The van der Waals surface area contributed by atoms with Gasteiger partial charge in [0.15, 0.2) is 0 Å². The minimum absolute atomic E-state index is 0.0119. The van der Waals surface area contributed by atoms with E-state index in [-0.39, 0.29) is 16.9 Å². The molecule has 2 atom stereocenters. The lowest BCUT2D eigenvalue weighted by Crippen LogP contribution is -2.44. The number of rotatable bonds is 3. The molecule has 1 aromatic rings. The fourth-order valence-corrected chi connectivity index (χ4v) is 3.97. The minimum atomic E-state index is -3.61. The van der Waals surface area contributed by atoms with Crippen molar-refractivity contribution in [3.63, 3.8) is 0 Å². The van der Waals surface area contributed by atoms with E-state index in [9.17, 15) is 12.8 Å². The lowest BCUT2D eigenvalue weighted by atomic mass is 9.93. The first-order valence-corrected chi connectivity index (χ1v) is 7.86. The second-order valence-electron chi connectivity index (χ2n) is 5.08. The summed E-state index contributed by atoms with van der Waals surface area (Å²) in [7, 11) is -3.61. The van der Waals surface area contributed by atoms with Crippen molar-refractivity contribution in [3.05, 3.63) is 30.1 Å². The highest BCUT2D eigenvalue weighted by molar-refractivity contribution is 7.89. The summed E-state index contributed by atoms with van der Waals surface area (Å²) in [6, 6.07) is 5.10. The first-order chi connectivity index (χ1) is 8.91. The maximum Gasteiger partial charge on any atom is 0.243 e. The maximum absolute atomic E-state index is 13.2. The van der Waals surface area contributed by atoms with Gasteiger partial charge < -0.3 is 5.73 Å². The smallest absolute Gasteiger partial charge is 0.243 e. The third-order valence-corrected chi connectivity index (χ3v) is 5.46. The van der Waals surface area contributed by atoms with Gasteiger partial charge in [0.2, 0.25) is 10.0 Å². The van der Waals surface area contributed by atoms with Gasteiger partial charge in [-0.1, -0.05) is 6.07 Å². The molecular formula is C13H19FN2O2S. The molecule has 1 saturated heterocycles. The number of piperidine rings is 1. The molecule has 0 aromatic heterocycles. The summed E-state index contributed by atoms with van der Waals surface area (Å²) >= 11 is 0. The van der Waals surface area contributed by atoms with Gasteiger partial charge in [0.05, 0.1) is 4.90 Å². The average molecular weight is 286 g/mol. The number of hydrogen-bond donors (Lipinski definition) is 1. The molecule has 1 aliphatic heterocycles. The predicted octanol–water partition coefficient (Wildman–Crippen LogP) is 1.57. The van der Waals surface area contributed by atoms with Gasteiger partial charge in [0.25, 0.3) is 0 Å². The fraction of sp³-hybridized carbons (Fsp3) is 0.538. The first-order valence-electron chi connectivity index (χ1n) is 6.42. The summed E-state index contributed by atoms with van der Waals surface area (Å²) in [4.78, 5) is 0.0119. The van der Waals surface area contributed by atoms with Crippen molar-refractivity contribution in [2.24, 2.45) is 11.7 Å². The topological polar surface area (TPSA) is 63.4 Å². The normalized spacial score (nSPS) is 23.2. The van der Waals surface area contributed by atoms with E-state index in [1.807, 2.05) is 6.92 Å². The van der Waals surface area contributed by atoms with Crippen LogP contribution in [0, 0.1) is 11.7 Å². The average Bonchev–Trinajstić information content (AvgIpc) is 2.39. The standard InChI is InChI=1S/C13H19FN2O2S/c1-10(15)11-4-3-7-16(9-11)19(17,18)13-6-2-5-12(14)8-13/h2,5-6,8,10-11H,3-4,7,9,15H2,1H3/t10-,11+/m0/s1. The highest BCUT2D eigenvalue weighted by Gasteiger charge is 2.31. The second kappa shape index (κ2) is 5.56. The van der Waals surface area contributed by atoms with Crippen molar-refractivity contribution in [1.29, 1.82) is 0 Å². The van der Waals surface area contributed by atoms with Crippen LogP contribution in [0.5, 0.6) is 0 Å². The van der Waals surface area contributed by atoms with Crippen molar-refractivity contribution < 1.29 is 12.8 Å². The summed E-state index contributed by atoms with van der Waals surface area (Å²) in [5.74, 6) is -0.376. The highest BCUT2D eigenvalue weighted by Crippen LogP contribution is 2.25. The maximum atomic E-state index is 13.2.